The summed E-state index contributed by atoms with van der Waals surface area (Å²) in [6, 6.07) is 6.75. The summed E-state index contributed by atoms with van der Waals surface area (Å²) in [6.07, 6.45) is -3.12. The summed E-state index contributed by atoms with van der Waals surface area (Å²) in [6.45, 7) is 0.906. The Morgan fingerprint density at radius 1 is 1.20 bits per heavy atom. The zero-order valence-electron chi connectivity index (χ0n) is 18.1. The number of nitrogens with one attached hydrogen (secondary N) is 2. The Hall–Kier alpha value is -3.29. The van der Waals surface area contributed by atoms with E-state index in [4.69, 9.17) is 11.6 Å². The first kappa shape index (κ1) is 26.3. The van der Waals surface area contributed by atoms with Crippen LogP contribution in [0.25, 0.3) is 0 Å². The minimum Gasteiger partial charge on any atom is -0.324 e. The Kier molecular flexibility index (Phi) is 7.93. The molecular formula is C21H19ClF3N5O4S. The van der Waals surface area contributed by atoms with Gasteiger partial charge >= 0.3 is 6.18 Å². The van der Waals surface area contributed by atoms with Crippen molar-refractivity contribution >= 4 is 33.2 Å². The van der Waals surface area contributed by atoms with Crippen molar-refractivity contribution in [3.63, 3.8) is 0 Å². The van der Waals surface area contributed by atoms with Gasteiger partial charge in [-0.2, -0.15) is 23.0 Å². The molecule has 0 saturated heterocycles. The number of anilines is 1. The first-order chi connectivity index (χ1) is 16.3. The molecule has 1 amide bonds. The fourth-order valence-corrected chi connectivity index (χ4v) is 4.67. The third-order valence-corrected chi connectivity index (χ3v) is 6.54. The molecule has 0 aliphatic rings. The number of alkyl halides is 3. The van der Waals surface area contributed by atoms with Crippen LogP contribution in [0.3, 0.4) is 0 Å². The lowest BCUT2D eigenvalue weighted by atomic mass is 10.1. The van der Waals surface area contributed by atoms with E-state index in [1.54, 1.807) is 4.72 Å². The Morgan fingerprint density at radius 2 is 1.94 bits per heavy atom. The number of nitrogens with zero attached hydrogens (tertiary/aromatic N) is 3. The fourth-order valence-electron chi connectivity index (χ4n) is 3.04. The lowest BCUT2D eigenvalue weighted by Crippen LogP contribution is -2.47. The van der Waals surface area contributed by atoms with Gasteiger partial charge in [-0.25, -0.2) is 13.1 Å². The first-order valence-electron chi connectivity index (χ1n) is 9.97. The van der Waals surface area contributed by atoms with Gasteiger partial charge in [0.05, 0.1) is 16.1 Å². The van der Waals surface area contributed by atoms with Crippen molar-refractivity contribution in [2.45, 2.75) is 37.0 Å². The summed E-state index contributed by atoms with van der Waals surface area (Å²) in [5.41, 5.74) is -0.419. The van der Waals surface area contributed by atoms with E-state index in [-0.39, 0.29) is 22.0 Å². The fraction of sp³-hybridized carbons (Fsp3) is 0.238. The van der Waals surface area contributed by atoms with Crippen molar-refractivity contribution in [3.8, 4) is 0 Å². The molecule has 14 heteroatoms. The molecule has 35 heavy (non-hydrogen) atoms. The largest absolute Gasteiger partial charge is 0.405 e. The monoisotopic (exact) mass is 529 g/mol. The van der Waals surface area contributed by atoms with Crippen LogP contribution in [-0.2, 0) is 27.8 Å². The Balaban J connectivity index is 1.81. The molecule has 0 spiro atoms. The first-order valence-corrected chi connectivity index (χ1v) is 11.8. The van der Waals surface area contributed by atoms with E-state index in [9.17, 15) is 31.2 Å². The van der Waals surface area contributed by atoms with Gasteiger partial charge in [-0.05, 0) is 36.8 Å². The van der Waals surface area contributed by atoms with Crippen LogP contribution in [0.2, 0.25) is 5.02 Å². The van der Waals surface area contributed by atoms with Gasteiger partial charge < -0.3 is 5.32 Å². The third kappa shape index (κ3) is 7.10. The van der Waals surface area contributed by atoms with E-state index < -0.39 is 51.6 Å². The minimum absolute atomic E-state index is 0.00345. The van der Waals surface area contributed by atoms with Crippen LogP contribution in [0.1, 0.15) is 11.3 Å². The number of benzene rings is 1. The van der Waals surface area contributed by atoms with Crippen molar-refractivity contribution in [2.24, 2.45) is 0 Å². The number of aryl methyl sites for hydroxylation is 1. The number of hydrogen-bond acceptors (Lipinski definition) is 6. The molecule has 0 radical (unpaired) electrons. The number of halogens is 4. The molecule has 2 aromatic heterocycles. The summed E-state index contributed by atoms with van der Waals surface area (Å²) in [5.74, 6) is -0.717. The molecule has 0 unspecified atom stereocenters. The molecule has 2 N–H and O–H groups in total. The van der Waals surface area contributed by atoms with Crippen molar-refractivity contribution < 1.29 is 26.4 Å². The number of carbonyl (C=O) groups excluding carboxylic acids is 1. The van der Waals surface area contributed by atoms with Crippen LogP contribution in [-0.4, -0.2) is 41.3 Å². The van der Waals surface area contributed by atoms with Gasteiger partial charge in [0.1, 0.15) is 12.6 Å². The van der Waals surface area contributed by atoms with Gasteiger partial charge in [0, 0.05) is 30.1 Å². The Bertz CT molecular complexity index is 1380. The van der Waals surface area contributed by atoms with Crippen molar-refractivity contribution in [1.29, 1.82) is 0 Å². The van der Waals surface area contributed by atoms with E-state index in [0.717, 1.165) is 16.8 Å². The zero-order valence-corrected chi connectivity index (χ0v) is 19.7. The zero-order chi connectivity index (χ0) is 25.8. The number of aromatic nitrogens is 3. The van der Waals surface area contributed by atoms with Gasteiger partial charge in [0.2, 0.25) is 15.9 Å². The highest BCUT2D eigenvalue weighted by atomic mass is 35.5. The molecule has 1 aromatic carbocycles. The maximum Gasteiger partial charge on any atom is 0.405 e. The van der Waals surface area contributed by atoms with E-state index in [2.05, 4.69) is 15.4 Å². The maximum atomic E-state index is 13.6. The van der Waals surface area contributed by atoms with E-state index in [1.807, 2.05) is 0 Å². The lowest BCUT2D eigenvalue weighted by molar-refractivity contribution is -0.151. The molecule has 2 heterocycles. The molecule has 186 valence electrons. The molecule has 0 bridgehead atoms. The molecule has 9 nitrogen and oxygen atoms in total. The van der Waals surface area contributed by atoms with Crippen molar-refractivity contribution in [3.05, 3.63) is 81.5 Å². The highest BCUT2D eigenvalue weighted by Gasteiger charge is 2.42. The SMILES string of the molecule is Cc1ccc(NC(=O)Cn2ncc(Cl)cc2=O)cc1S(=O)(=O)N[C@H](Cc1ccccn1)C(F)(F)F. The normalized spacial score (nSPS) is 12.8. The second-order valence-corrected chi connectivity index (χ2v) is 9.56. The van der Waals surface area contributed by atoms with Crippen LogP contribution >= 0.6 is 11.6 Å². The van der Waals surface area contributed by atoms with Crippen molar-refractivity contribution in [2.75, 3.05) is 5.32 Å². The number of hydrogen-bond donors (Lipinski definition) is 2. The van der Waals surface area contributed by atoms with Gasteiger partial charge in [0.15, 0.2) is 0 Å². The number of amides is 1. The van der Waals surface area contributed by atoms with Gasteiger partial charge in [-0.1, -0.05) is 23.7 Å². The van der Waals surface area contributed by atoms with Crippen LogP contribution in [0.5, 0.6) is 0 Å². The topological polar surface area (TPSA) is 123 Å². The highest BCUT2D eigenvalue weighted by molar-refractivity contribution is 7.89. The van der Waals surface area contributed by atoms with E-state index in [0.29, 0.717) is 0 Å². The standard InChI is InChI=1S/C21H19ClF3N5O4S/c1-13-5-6-16(28-19(31)12-30-20(32)8-14(22)11-27-30)9-17(13)35(33,34)29-18(21(23,24)25)10-15-4-2-3-7-26-15/h2-9,11,18,29H,10,12H2,1H3,(H,28,31)/t18-/m1/s1. The number of rotatable bonds is 8. The summed E-state index contributed by atoms with van der Waals surface area (Å²) in [5, 5.41) is 6.20. The quantitative estimate of drug-likeness (QED) is 0.462. The van der Waals surface area contributed by atoms with E-state index >= 15 is 0 Å². The highest BCUT2D eigenvalue weighted by Crippen LogP contribution is 2.26. The smallest absolute Gasteiger partial charge is 0.324 e. The second kappa shape index (κ2) is 10.5. The summed E-state index contributed by atoms with van der Waals surface area (Å²) >= 11 is 5.65. The molecule has 0 aliphatic carbocycles. The minimum atomic E-state index is -4.89. The van der Waals surface area contributed by atoms with E-state index in [1.165, 1.54) is 49.6 Å². The predicted octanol–water partition coefficient (Wildman–Crippen LogP) is 2.69. The third-order valence-electron chi connectivity index (χ3n) is 4.72. The molecule has 3 rings (SSSR count). The molecule has 0 aliphatic heterocycles. The number of pyridine rings is 1. The van der Waals surface area contributed by atoms with Gasteiger partial charge in [-0.3, -0.25) is 14.6 Å². The van der Waals surface area contributed by atoms with Crippen LogP contribution < -0.4 is 15.6 Å². The van der Waals surface area contributed by atoms with Crippen LogP contribution in [0, 0.1) is 6.92 Å². The number of carbonyl (C=O) groups is 1. The van der Waals surface area contributed by atoms with Gasteiger partial charge in [-0.15, -0.1) is 0 Å². The Labute approximate surface area is 203 Å². The van der Waals surface area contributed by atoms with Crippen molar-refractivity contribution in [1.82, 2.24) is 19.5 Å². The lowest BCUT2D eigenvalue weighted by Gasteiger charge is -2.22. The average molecular weight is 530 g/mol. The second-order valence-electron chi connectivity index (χ2n) is 7.44. The van der Waals surface area contributed by atoms with Crippen LogP contribution in [0.15, 0.2) is 64.5 Å². The molecule has 0 saturated carbocycles. The average Bonchev–Trinajstić information content (AvgIpc) is 2.76. The summed E-state index contributed by atoms with van der Waals surface area (Å²) in [7, 11) is -4.65. The summed E-state index contributed by atoms with van der Waals surface area (Å²) < 4.78 is 69.2. The number of sulfonamides is 1. The maximum absolute atomic E-state index is 13.6. The summed E-state index contributed by atoms with van der Waals surface area (Å²) in [4.78, 5) is 27.5. The van der Waals surface area contributed by atoms with Gasteiger partial charge in [0.25, 0.3) is 5.56 Å². The predicted molar refractivity (Wildman–Crippen MR) is 121 cm³/mol. The van der Waals surface area contributed by atoms with Crippen LogP contribution in [0.4, 0.5) is 18.9 Å². The molecule has 3 aromatic rings. The molecule has 0 fully saturated rings. The Morgan fingerprint density at radius 3 is 2.57 bits per heavy atom. The molecular weight excluding hydrogens is 511 g/mol. The molecule has 1 atom stereocenters.